The summed E-state index contributed by atoms with van der Waals surface area (Å²) in [6, 6.07) is 5.22. The molecule has 1 N–H and O–H groups in total. The smallest absolute Gasteiger partial charge is 0.297 e. The van der Waals surface area contributed by atoms with Gasteiger partial charge in [0.2, 0.25) is 5.91 Å². The largest absolute Gasteiger partial charge is 0.360 e. The van der Waals surface area contributed by atoms with Gasteiger partial charge < -0.3 is 9.84 Å². The normalized spacial score (nSPS) is 11.0. The molecule has 7 nitrogen and oxygen atoms in total. The van der Waals surface area contributed by atoms with E-state index in [0.717, 1.165) is 10.2 Å². The summed E-state index contributed by atoms with van der Waals surface area (Å²) >= 11 is 6.03. The lowest BCUT2D eigenvalue weighted by molar-refractivity contribution is -0.117. The molecular weight excluding hydrogens is 332 g/mol. The molecule has 0 aliphatic carbocycles. The highest BCUT2D eigenvalue weighted by molar-refractivity contribution is 6.31. The third-order valence-corrected chi connectivity index (χ3v) is 4.18. The highest BCUT2D eigenvalue weighted by Gasteiger charge is 2.17. The lowest BCUT2D eigenvalue weighted by Gasteiger charge is -2.10. The van der Waals surface area contributed by atoms with E-state index < -0.39 is 5.56 Å². The van der Waals surface area contributed by atoms with Crippen molar-refractivity contribution in [2.45, 2.75) is 27.3 Å². The Labute approximate surface area is 142 Å². The van der Waals surface area contributed by atoms with Gasteiger partial charge in [0.05, 0.1) is 11.1 Å². The zero-order valence-corrected chi connectivity index (χ0v) is 14.1. The number of nitrogens with one attached hydrogen (secondary N) is 1. The quantitative estimate of drug-likeness (QED) is 0.787. The fourth-order valence-electron chi connectivity index (χ4n) is 2.52. The van der Waals surface area contributed by atoms with Gasteiger partial charge in [0.15, 0.2) is 5.52 Å². The Morgan fingerprint density at radius 3 is 2.83 bits per heavy atom. The van der Waals surface area contributed by atoms with Gasteiger partial charge in [-0.2, -0.15) is 5.10 Å². The Bertz CT molecular complexity index is 1010. The monoisotopic (exact) mass is 346 g/mol. The van der Waals surface area contributed by atoms with Crippen LogP contribution in [0.5, 0.6) is 0 Å². The maximum Gasteiger partial charge on any atom is 0.297 e. The Hall–Kier alpha value is -2.67. The highest BCUT2D eigenvalue weighted by Crippen LogP contribution is 2.23. The number of carbonyl (C=O) groups excluding carboxylic acids is 1. The van der Waals surface area contributed by atoms with Gasteiger partial charge in [0.1, 0.15) is 12.3 Å². The molecule has 0 bridgehead atoms. The molecule has 0 aliphatic rings. The predicted octanol–water partition coefficient (Wildman–Crippen LogP) is 2.60. The van der Waals surface area contributed by atoms with Crippen LogP contribution in [0.3, 0.4) is 0 Å². The van der Waals surface area contributed by atoms with Crippen LogP contribution in [-0.4, -0.2) is 20.8 Å². The van der Waals surface area contributed by atoms with Crippen LogP contribution in [0.1, 0.15) is 17.0 Å². The fraction of sp³-hybridized carbons (Fsp3) is 0.250. The van der Waals surface area contributed by atoms with Crippen molar-refractivity contribution in [1.29, 1.82) is 0 Å². The molecule has 2 aromatic heterocycles. The van der Waals surface area contributed by atoms with Gasteiger partial charge in [0.25, 0.3) is 5.56 Å². The summed E-state index contributed by atoms with van der Waals surface area (Å²) in [4.78, 5) is 24.6. The van der Waals surface area contributed by atoms with Crippen LogP contribution in [-0.2, 0) is 11.3 Å². The molecule has 24 heavy (non-hydrogen) atoms. The molecule has 0 saturated carbocycles. The van der Waals surface area contributed by atoms with E-state index in [4.69, 9.17) is 16.1 Å². The molecule has 0 unspecified atom stereocenters. The Balaban J connectivity index is 1.90. The molecule has 124 valence electrons. The number of carbonyl (C=O) groups is 1. The van der Waals surface area contributed by atoms with E-state index in [2.05, 4.69) is 15.6 Å². The molecule has 3 rings (SSSR count). The minimum atomic E-state index is -0.467. The summed E-state index contributed by atoms with van der Waals surface area (Å²) in [6.07, 6.45) is 0. The molecular formula is C16H15ClN4O3. The maximum absolute atomic E-state index is 12.4. The molecule has 2 heterocycles. The Kier molecular flexibility index (Phi) is 4.11. The second kappa shape index (κ2) is 6.09. The van der Waals surface area contributed by atoms with Crippen LogP contribution in [0.15, 0.2) is 27.5 Å². The predicted molar refractivity (Wildman–Crippen MR) is 90.4 cm³/mol. The summed E-state index contributed by atoms with van der Waals surface area (Å²) < 4.78 is 6.12. The first-order valence-electron chi connectivity index (χ1n) is 7.27. The maximum atomic E-state index is 12.4. The van der Waals surface area contributed by atoms with E-state index in [1.54, 1.807) is 39.0 Å². The van der Waals surface area contributed by atoms with Crippen molar-refractivity contribution in [3.8, 4) is 0 Å². The third-order valence-electron chi connectivity index (χ3n) is 3.77. The molecule has 1 amide bonds. The number of benzene rings is 1. The minimum absolute atomic E-state index is 0.173. The SMILES string of the molecule is Cc1c(Cl)cccc1NC(=O)Cn1nc(C)c2c(C)onc2c1=O. The average Bonchev–Trinajstić information content (AvgIpc) is 2.92. The van der Waals surface area contributed by atoms with Crippen LogP contribution in [0, 0.1) is 20.8 Å². The number of hydrogen-bond donors (Lipinski definition) is 1. The zero-order chi connectivity index (χ0) is 17.4. The lowest BCUT2D eigenvalue weighted by atomic mass is 10.2. The molecule has 0 saturated heterocycles. The van der Waals surface area contributed by atoms with Crippen molar-refractivity contribution in [1.82, 2.24) is 14.9 Å². The topological polar surface area (TPSA) is 90.0 Å². The average molecular weight is 347 g/mol. The van der Waals surface area contributed by atoms with Gasteiger partial charge in [-0.05, 0) is 38.5 Å². The summed E-state index contributed by atoms with van der Waals surface area (Å²) in [7, 11) is 0. The number of rotatable bonds is 3. The first kappa shape index (κ1) is 16.2. The number of halogens is 1. The van der Waals surface area contributed by atoms with Crippen molar-refractivity contribution < 1.29 is 9.32 Å². The van der Waals surface area contributed by atoms with Crippen molar-refractivity contribution in [3.63, 3.8) is 0 Å². The van der Waals surface area contributed by atoms with E-state index in [0.29, 0.717) is 27.6 Å². The van der Waals surface area contributed by atoms with Gasteiger partial charge >= 0.3 is 0 Å². The van der Waals surface area contributed by atoms with Crippen molar-refractivity contribution >= 4 is 34.1 Å². The lowest BCUT2D eigenvalue weighted by Crippen LogP contribution is -2.30. The van der Waals surface area contributed by atoms with Crippen LogP contribution >= 0.6 is 11.6 Å². The summed E-state index contributed by atoms with van der Waals surface area (Å²) in [5, 5.41) is 11.8. The van der Waals surface area contributed by atoms with E-state index in [1.807, 2.05) is 0 Å². The first-order valence-corrected chi connectivity index (χ1v) is 7.65. The second-order valence-corrected chi connectivity index (χ2v) is 5.88. The number of aryl methyl sites for hydroxylation is 2. The Morgan fingerprint density at radius 2 is 2.08 bits per heavy atom. The summed E-state index contributed by atoms with van der Waals surface area (Å²) in [5.74, 6) is 0.146. The van der Waals surface area contributed by atoms with E-state index in [9.17, 15) is 9.59 Å². The van der Waals surface area contributed by atoms with Gasteiger partial charge in [-0.25, -0.2) is 4.68 Å². The van der Waals surface area contributed by atoms with Gasteiger partial charge in [0, 0.05) is 10.7 Å². The number of nitrogens with zero attached hydrogens (tertiary/aromatic N) is 3. The molecule has 0 radical (unpaired) electrons. The number of fused-ring (bicyclic) bond motifs is 1. The first-order chi connectivity index (χ1) is 11.4. The zero-order valence-electron chi connectivity index (χ0n) is 13.4. The molecule has 0 aliphatic heterocycles. The van der Waals surface area contributed by atoms with Gasteiger partial charge in [-0.3, -0.25) is 9.59 Å². The standard InChI is InChI=1S/C16H15ClN4O3/c1-8-11(17)5-4-6-12(8)18-13(22)7-21-16(23)15-14(9(2)19-21)10(3)24-20-15/h4-6H,7H2,1-3H3,(H,18,22). The Morgan fingerprint density at radius 1 is 1.33 bits per heavy atom. The number of aromatic nitrogens is 3. The molecule has 0 fully saturated rings. The molecule has 8 heteroatoms. The van der Waals surface area contributed by atoms with Crippen molar-refractivity contribution in [2.75, 3.05) is 5.32 Å². The van der Waals surface area contributed by atoms with Crippen LogP contribution in [0.2, 0.25) is 5.02 Å². The highest BCUT2D eigenvalue weighted by atomic mass is 35.5. The van der Waals surface area contributed by atoms with E-state index in [1.165, 1.54) is 0 Å². The number of anilines is 1. The molecule has 0 spiro atoms. The van der Waals surface area contributed by atoms with E-state index in [-0.39, 0.29) is 18.0 Å². The van der Waals surface area contributed by atoms with Crippen molar-refractivity contribution in [2.24, 2.45) is 0 Å². The molecule has 1 aromatic carbocycles. The second-order valence-electron chi connectivity index (χ2n) is 5.47. The fourth-order valence-corrected chi connectivity index (χ4v) is 2.69. The minimum Gasteiger partial charge on any atom is -0.360 e. The van der Waals surface area contributed by atoms with Crippen LogP contribution in [0.25, 0.3) is 10.9 Å². The van der Waals surface area contributed by atoms with Crippen LogP contribution < -0.4 is 10.9 Å². The van der Waals surface area contributed by atoms with Gasteiger partial charge in [-0.1, -0.05) is 22.8 Å². The summed E-state index contributed by atoms with van der Waals surface area (Å²) in [5.41, 5.74) is 1.63. The van der Waals surface area contributed by atoms with E-state index >= 15 is 0 Å². The number of hydrogen-bond acceptors (Lipinski definition) is 5. The van der Waals surface area contributed by atoms with Crippen molar-refractivity contribution in [3.05, 3.63) is 50.6 Å². The third kappa shape index (κ3) is 2.78. The van der Waals surface area contributed by atoms with Crippen LogP contribution in [0.4, 0.5) is 5.69 Å². The summed E-state index contributed by atoms with van der Waals surface area (Å²) in [6.45, 7) is 5.02. The van der Waals surface area contributed by atoms with Gasteiger partial charge in [-0.15, -0.1) is 0 Å². The number of amides is 1. The molecule has 3 aromatic rings. The molecule has 0 atom stereocenters.